The van der Waals surface area contributed by atoms with E-state index >= 15 is 0 Å². The first-order valence-corrected chi connectivity index (χ1v) is 6.96. The zero-order chi connectivity index (χ0) is 15.2. The molecule has 1 atom stereocenters. The van der Waals surface area contributed by atoms with Crippen LogP contribution in [-0.4, -0.2) is 27.3 Å². The van der Waals surface area contributed by atoms with Gasteiger partial charge in [0.05, 0.1) is 6.54 Å². The molecule has 2 aromatic rings. The van der Waals surface area contributed by atoms with Crippen LogP contribution < -0.4 is 5.32 Å². The second-order valence-corrected chi connectivity index (χ2v) is 4.94. The number of carboxylic acids is 1. The number of rotatable bonds is 7. The molecule has 2 N–H and O–H groups in total. The van der Waals surface area contributed by atoms with Crippen molar-refractivity contribution in [3.05, 3.63) is 35.7 Å². The topological polar surface area (TPSA) is 88.3 Å². The average molecular weight is 289 g/mol. The predicted octanol–water partition coefficient (Wildman–Crippen LogP) is 2.39. The van der Waals surface area contributed by atoms with Crippen molar-refractivity contribution in [3.8, 4) is 11.4 Å². The zero-order valence-electron chi connectivity index (χ0n) is 12.2. The van der Waals surface area contributed by atoms with E-state index in [1.165, 1.54) is 0 Å². The van der Waals surface area contributed by atoms with E-state index < -0.39 is 12.0 Å². The molecule has 112 valence electrons. The number of carboxylic acid groups (broad SMARTS) is 1. The summed E-state index contributed by atoms with van der Waals surface area (Å²) in [5.74, 6) is 0.0296. The van der Waals surface area contributed by atoms with Crippen LogP contribution in [0.4, 0.5) is 0 Å². The van der Waals surface area contributed by atoms with Crippen molar-refractivity contribution in [1.29, 1.82) is 0 Å². The molecule has 0 bridgehead atoms. The maximum Gasteiger partial charge on any atom is 0.320 e. The van der Waals surface area contributed by atoms with E-state index in [0.29, 0.717) is 18.1 Å². The van der Waals surface area contributed by atoms with Gasteiger partial charge in [0.15, 0.2) is 0 Å². The van der Waals surface area contributed by atoms with Crippen molar-refractivity contribution in [3.63, 3.8) is 0 Å². The molecule has 1 heterocycles. The Morgan fingerprint density at radius 1 is 1.48 bits per heavy atom. The molecule has 2 rings (SSSR count). The van der Waals surface area contributed by atoms with Crippen molar-refractivity contribution in [2.24, 2.45) is 0 Å². The van der Waals surface area contributed by atoms with Crippen LogP contribution in [0.5, 0.6) is 0 Å². The van der Waals surface area contributed by atoms with Gasteiger partial charge in [0.25, 0.3) is 0 Å². The molecule has 0 amide bonds. The second-order valence-electron chi connectivity index (χ2n) is 4.94. The largest absolute Gasteiger partial charge is 0.480 e. The molecule has 0 spiro atoms. The minimum Gasteiger partial charge on any atom is -0.480 e. The van der Waals surface area contributed by atoms with Crippen LogP contribution in [0.25, 0.3) is 11.4 Å². The first kappa shape index (κ1) is 15.2. The Labute approximate surface area is 123 Å². The third-order valence-electron chi connectivity index (χ3n) is 3.12. The van der Waals surface area contributed by atoms with Gasteiger partial charge < -0.3 is 9.63 Å². The van der Waals surface area contributed by atoms with Crippen molar-refractivity contribution >= 4 is 5.97 Å². The number of nitrogens with one attached hydrogen (secondary N) is 1. The summed E-state index contributed by atoms with van der Waals surface area (Å²) in [5, 5.41) is 15.9. The fraction of sp³-hybridized carbons (Fsp3) is 0.400. The Kier molecular flexibility index (Phi) is 5.05. The Balaban J connectivity index is 2.02. The molecular formula is C15H19N3O3. The number of aliphatic carboxylic acids is 1. The molecule has 1 unspecified atom stereocenters. The van der Waals surface area contributed by atoms with Gasteiger partial charge in [-0.15, -0.1) is 0 Å². The van der Waals surface area contributed by atoms with Crippen LogP contribution in [0.15, 0.2) is 28.8 Å². The fourth-order valence-corrected chi connectivity index (χ4v) is 2.04. The third kappa shape index (κ3) is 4.13. The molecule has 0 aliphatic carbocycles. The van der Waals surface area contributed by atoms with Gasteiger partial charge in [0.1, 0.15) is 6.04 Å². The minimum atomic E-state index is -0.865. The lowest BCUT2D eigenvalue weighted by Crippen LogP contribution is -2.36. The van der Waals surface area contributed by atoms with Gasteiger partial charge in [-0.1, -0.05) is 42.3 Å². The van der Waals surface area contributed by atoms with Crippen LogP contribution >= 0.6 is 0 Å². The summed E-state index contributed by atoms with van der Waals surface area (Å²) < 4.78 is 5.15. The van der Waals surface area contributed by atoms with Gasteiger partial charge in [0, 0.05) is 5.56 Å². The van der Waals surface area contributed by atoms with Gasteiger partial charge in [-0.05, 0) is 19.4 Å². The smallest absolute Gasteiger partial charge is 0.320 e. The standard InChI is InChI=1S/C15H19N3O3/c1-3-5-12(15(19)20)16-9-13-17-14(18-21-13)11-7-4-6-10(2)8-11/h4,6-8,12,16H,3,5,9H2,1-2H3,(H,19,20). The van der Waals surface area contributed by atoms with Crippen LogP contribution in [0.1, 0.15) is 31.2 Å². The van der Waals surface area contributed by atoms with E-state index in [2.05, 4.69) is 15.5 Å². The average Bonchev–Trinajstić information content (AvgIpc) is 2.92. The SMILES string of the molecule is CCCC(NCc1nc(-c2cccc(C)c2)no1)C(=O)O. The van der Waals surface area contributed by atoms with Crippen molar-refractivity contribution in [2.75, 3.05) is 0 Å². The lowest BCUT2D eigenvalue weighted by molar-refractivity contribution is -0.139. The van der Waals surface area contributed by atoms with Gasteiger partial charge >= 0.3 is 5.97 Å². The quantitative estimate of drug-likeness (QED) is 0.813. The van der Waals surface area contributed by atoms with Crippen LogP contribution in [-0.2, 0) is 11.3 Å². The van der Waals surface area contributed by atoms with E-state index in [9.17, 15) is 4.79 Å². The number of benzene rings is 1. The first-order chi connectivity index (χ1) is 10.1. The van der Waals surface area contributed by atoms with E-state index in [-0.39, 0.29) is 6.54 Å². The molecule has 21 heavy (non-hydrogen) atoms. The highest BCUT2D eigenvalue weighted by molar-refractivity contribution is 5.73. The lowest BCUT2D eigenvalue weighted by atomic mass is 10.1. The van der Waals surface area contributed by atoms with Gasteiger partial charge in [-0.2, -0.15) is 4.98 Å². The summed E-state index contributed by atoms with van der Waals surface area (Å²) in [5.41, 5.74) is 2.00. The summed E-state index contributed by atoms with van der Waals surface area (Å²) in [6.07, 6.45) is 1.36. The molecule has 0 saturated carbocycles. The van der Waals surface area contributed by atoms with Gasteiger partial charge in [-0.25, -0.2) is 0 Å². The van der Waals surface area contributed by atoms with E-state index in [1.807, 2.05) is 38.1 Å². The molecule has 1 aromatic heterocycles. The van der Waals surface area contributed by atoms with Crippen LogP contribution in [0, 0.1) is 6.92 Å². The molecule has 0 fully saturated rings. The molecule has 6 nitrogen and oxygen atoms in total. The third-order valence-corrected chi connectivity index (χ3v) is 3.12. The Morgan fingerprint density at radius 2 is 2.29 bits per heavy atom. The lowest BCUT2D eigenvalue weighted by Gasteiger charge is -2.11. The minimum absolute atomic E-state index is 0.246. The molecule has 0 aliphatic heterocycles. The van der Waals surface area contributed by atoms with Crippen LogP contribution in [0.2, 0.25) is 0 Å². The number of carbonyl (C=O) groups is 1. The zero-order valence-corrected chi connectivity index (χ0v) is 12.2. The van der Waals surface area contributed by atoms with Crippen molar-refractivity contribution < 1.29 is 14.4 Å². The van der Waals surface area contributed by atoms with Gasteiger partial charge in [-0.3, -0.25) is 10.1 Å². The number of aromatic nitrogens is 2. The fourth-order valence-electron chi connectivity index (χ4n) is 2.04. The molecular weight excluding hydrogens is 270 g/mol. The Morgan fingerprint density at radius 3 is 2.95 bits per heavy atom. The highest BCUT2D eigenvalue weighted by atomic mass is 16.5. The van der Waals surface area contributed by atoms with E-state index in [4.69, 9.17) is 9.63 Å². The summed E-state index contributed by atoms with van der Waals surface area (Å²) in [6.45, 7) is 4.18. The molecule has 1 aromatic carbocycles. The molecule has 0 aliphatic rings. The molecule has 6 heteroatoms. The maximum absolute atomic E-state index is 11.0. The van der Waals surface area contributed by atoms with Crippen LogP contribution in [0.3, 0.4) is 0 Å². The van der Waals surface area contributed by atoms with E-state index in [1.54, 1.807) is 0 Å². The highest BCUT2D eigenvalue weighted by Crippen LogP contribution is 2.16. The molecule has 0 saturated heterocycles. The number of hydrogen-bond acceptors (Lipinski definition) is 5. The Bertz CT molecular complexity index is 610. The second kappa shape index (κ2) is 6.99. The Hall–Kier alpha value is -2.21. The number of hydrogen-bond donors (Lipinski definition) is 2. The van der Waals surface area contributed by atoms with Gasteiger partial charge in [0.2, 0.25) is 11.7 Å². The summed E-state index contributed by atoms with van der Waals surface area (Å²) in [4.78, 5) is 15.3. The summed E-state index contributed by atoms with van der Waals surface area (Å²) >= 11 is 0. The predicted molar refractivity (Wildman–Crippen MR) is 77.6 cm³/mol. The monoisotopic (exact) mass is 289 g/mol. The summed E-state index contributed by atoms with van der Waals surface area (Å²) in [7, 11) is 0. The summed E-state index contributed by atoms with van der Waals surface area (Å²) in [6, 6.07) is 7.21. The highest BCUT2D eigenvalue weighted by Gasteiger charge is 2.17. The number of aryl methyl sites for hydroxylation is 1. The number of nitrogens with zero attached hydrogens (tertiary/aromatic N) is 2. The molecule has 0 radical (unpaired) electrons. The van der Waals surface area contributed by atoms with E-state index in [0.717, 1.165) is 17.5 Å². The van der Waals surface area contributed by atoms with Crippen molar-refractivity contribution in [1.82, 2.24) is 15.5 Å². The maximum atomic E-state index is 11.0. The first-order valence-electron chi connectivity index (χ1n) is 6.96. The normalized spacial score (nSPS) is 12.3. The van der Waals surface area contributed by atoms with Crippen molar-refractivity contribution in [2.45, 2.75) is 39.3 Å².